The van der Waals surface area contributed by atoms with E-state index < -0.39 is 5.97 Å². The van der Waals surface area contributed by atoms with Gasteiger partial charge in [-0.25, -0.2) is 0 Å². The average molecular weight is 218 g/mol. The van der Waals surface area contributed by atoms with Crippen LogP contribution in [0.25, 0.3) is 0 Å². The van der Waals surface area contributed by atoms with Crippen molar-refractivity contribution in [2.75, 3.05) is 13.2 Å². The van der Waals surface area contributed by atoms with Gasteiger partial charge in [0.05, 0.1) is 31.4 Å². The first kappa shape index (κ1) is 12.7. The van der Waals surface area contributed by atoms with Crippen LogP contribution in [0, 0.1) is 5.41 Å². The normalized spacial score (nSPS) is 17.7. The summed E-state index contributed by atoms with van der Waals surface area (Å²) in [4.78, 5) is 10.7. The number of carbonyl (C=O) groups is 1. The summed E-state index contributed by atoms with van der Waals surface area (Å²) in [6, 6.07) is 1.44. The number of hydrogen-bond acceptors (Lipinski definition) is 4. The molecule has 0 aliphatic carbocycles. The minimum absolute atomic E-state index is 0. The molecule has 0 aromatic carbocycles. The maximum absolute atomic E-state index is 10.7. The molecule has 2 heterocycles. The molecular weight excluding hydrogens is 207 g/mol. The van der Waals surface area contributed by atoms with Crippen molar-refractivity contribution in [2.45, 2.75) is 13.5 Å². The maximum Gasteiger partial charge on any atom is 1.00 e. The predicted octanol–water partition coefficient (Wildman–Crippen LogP) is -3.71. The molecule has 2 rings (SSSR count). The number of rotatable bonds is 3. The minimum Gasteiger partial charge on any atom is -0.543 e. The van der Waals surface area contributed by atoms with E-state index in [-0.39, 0.29) is 40.7 Å². The molecule has 0 amide bonds. The largest absolute Gasteiger partial charge is 1.00 e. The van der Waals surface area contributed by atoms with E-state index in [1.807, 2.05) is 6.92 Å². The molecular formula is C9H11N2NaO3. The van der Waals surface area contributed by atoms with E-state index >= 15 is 0 Å². The molecule has 0 spiro atoms. The second-order valence-corrected chi connectivity index (χ2v) is 3.97. The molecule has 1 fully saturated rings. The van der Waals surface area contributed by atoms with Crippen molar-refractivity contribution in [3.05, 3.63) is 18.0 Å². The van der Waals surface area contributed by atoms with Crippen molar-refractivity contribution in [3.8, 4) is 0 Å². The molecule has 76 valence electrons. The number of carbonyl (C=O) groups excluding carboxylic acids is 1. The van der Waals surface area contributed by atoms with Crippen LogP contribution in [0.15, 0.2) is 12.3 Å². The van der Waals surface area contributed by atoms with Gasteiger partial charge in [-0.05, 0) is 6.07 Å². The Morgan fingerprint density at radius 1 is 1.73 bits per heavy atom. The Hall–Kier alpha value is -0.360. The molecule has 0 bridgehead atoms. The van der Waals surface area contributed by atoms with Gasteiger partial charge in [-0.3, -0.25) is 4.68 Å². The monoisotopic (exact) mass is 218 g/mol. The van der Waals surface area contributed by atoms with Crippen LogP contribution in [0.4, 0.5) is 0 Å². The van der Waals surface area contributed by atoms with E-state index in [4.69, 9.17) is 4.74 Å². The Kier molecular flexibility index (Phi) is 3.94. The number of carboxylic acid groups (broad SMARTS) is 1. The van der Waals surface area contributed by atoms with Gasteiger partial charge in [0.1, 0.15) is 0 Å². The summed E-state index contributed by atoms with van der Waals surface area (Å²) in [5, 5.41) is 14.6. The van der Waals surface area contributed by atoms with Gasteiger partial charge < -0.3 is 14.6 Å². The molecule has 5 nitrogen and oxygen atoms in total. The van der Waals surface area contributed by atoms with Gasteiger partial charge in [0.25, 0.3) is 0 Å². The van der Waals surface area contributed by atoms with Crippen LogP contribution in [-0.2, 0) is 11.3 Å². The Morgan fingerprint density at radius 3 is 2.87 bits per heavy atom. The van der Waals surface area contributed by atoms with E-state index in [1.54, 1.807) is 0 Å². The zero-order valence-corrected chi connectivity index (χ0v) is 10.9. The predicted molar refractivity (Wildman–Crippen MR) is 45.5 cm³/mol. The number of hydrogen-bond donors (Lipinski definition) is 0. The molecule has 0 radical (unpaired) electrons. The van der Waals surface area contributed by atoms with Gasteiger partial charge in [0.15, 0.2) is 0 Å². The van der Waals surface area contributed by atoms with Crippen LogP contribution in [-0.4, -0.2) is 29.0 Å². The van der Waals surface area contributed by atoms with E-state index in [0.717, 1.165) is 0 Å². The van der Waals surface area contributed by atoms with Crippen molar-refractivity contribution in [1.82, 2.24) is 9.78 Å². The first-order valence-corrected chi connectivity index (χ1v) is 4.42. The zero-order chi connectivity index (χ0) is 10.2. The third kappa shape index (κ3) is 2.60. The fourth-order valence-corrected chi connectivity index (χ4v) is 1.54. The average Bonchev–Trinajstić information content (AvgIpc) is 2.49. The summed E-state index contributed by atoms with van der Waals surface area (Å²) >= 11 is 0. The smallest absolute Gasteiger partial charge is 0.543 e. The molecule has 1 aliphatic rings. The number of aromatic nitrogens is 2. The Labute approximate surface area is 110 Å². The van der Waals surface area contributed by atoms with Gasteiger partial charge in [-0.15, -0.1) is 0 Å². The van der Waals surface area contributed by atoms with Crippen LogP contribution in [0.3, 0.4) is 0 Å². The SMILES string of the molecule is CC1(Cn2nccc2C(=O)[O-])COC1.[Na+]. The molecule has 0 atom stereocenters. The first-order valence-electron chi connectivity index (χ1n) is 4.42. The first-order chi connectivity index (χ1) is 6.61. The van der Waals surface area contributed by atoms with Gasteiger partial charge >= 0.3 is 29.6 Å². The summed E-state index contributed by atoms with van der Waals surface area (Å²) in [6.07, 6.45) is 1.47. The molecule has 1 saturated heterocycles. The van der Waals surface area contributed by atoms with Gasteiger partial charge in [-0.2, -0.15) is 5.10 Å². The second kappa shape index (κ2) is 4.65. The third-order valence-corrected chi connectivity index (χ3v) is 2.36. The van der Waals surface area contributed by atoms with Crippen LogP contribution >= 0.6 is 0 Å². The standard InChI is InChI=1S/C9H12N2O3.Na/c1-9(5-14-6-9)4-11-7(8(12)13)2-3-10-11;/h2-3H,4-6H2,1H3,(H,12,13);/q;+1/p-1. The summed E-state index contributed by atoms with van der Waals surface area (Å²) in [5.74, 6) is -1.19. The number of carboxylic acids is 1. The Morgan fingerprint density at radius 2 is 2.40 bits per heavy atom. The van der Waals surface area contributed by atoms with E-state index in [0.29, 0.717) is 19.8 Å². The molecule has 1 aromatic rings. The second-order valence-electron chi connectivity index (χ2n) is 3.97. The van der Waals surface area contributed by atoms with Gasteiger partial charge in [0.2, 0.25) is 0 Å². The van der Waals surface area contributed by atoms with Crippen molar-refractivity contribution in [2.24, 2.45) is 5.41 Å². The van der Waals surface area contributed by atoms with Crippen LogP contribution in [0.5, 0.6) is 0 Å². The minimum atomic E-state index is -1.19. The third-order valence-electron chi connectivity index (χ3n) is 2.36. The number of ether oxygens (including phenoxy) is 1. The fourth-order valence-electron chi connectivity index (χ4n) is 1.54. The van der Waals surface area contributed by atoms with Crippen molar-refractivity contribution in [1.29, 1.82) is 0 Å². The van der Waals surface area contributed by atoms with E-state index in [9.17, 15) is 9.90 Å². The quantitative estimate of drug-likeness (QED) is 0.489. The molecule has 6 heteroatoms. The topological polar surface area (TPSA) is 67.2 Å². The summed E-state index contributed by atoms with van der Waals surface area (Å²) in [7, 11) is 0. The van der Waals surface area contributed by atoms with Crippen LogP contribution < -0.4 is 34.7 Å². The van der Waals surface area contributed by atoms with E-state index in [1.165, 1.54) is 16.9 Å². The molecule has 0 N–H and O–H groups in total. The molecule has 15 heavy (non-hydrogen) atoms. The Balaban J connectivity index is 0.00000112. The Bertz CT molecular complexity index is 360. The number of aromatic carboxylic acids is 1. The maximum atomic E-state index is 10.7. The number of nitrogens with zero attached hydrogens (tertiary/aromatic N) is 2. The van der Waals surface area contributed by atoms with Crippen molar-refractivity contribution < 1.29 is 44.2 Å². The summed E-state index contributed by atoms with van der Waals surface area (Å²) in [6.45, 7) is 3.90. The molecule has 0 saturated carbocycles. The van der Waals surface area contributed by atoms with Crippen molar-refractivity contribution in [3.63, 3.8) is 0 Å². The van der Waals surface area contributed by atoms with Gasteiger partial charge in [-0.1, -0.05) is 6.92 Å². The molecule has 1 aromatic heterocycles. The summed E-state index contributed by atoms with van der Waals surface area (Å²) in [5.41, 5.74) is 0.133. The van der Waals surface area contributed by atoms with Crippen LogP contribution in [0.1, 0.15) is 17.4 Å². The molecule has 0 unspecified atom stereocenters. The summed E-state index contributed by atoms with van der Waals surface area (Å²) < 4.78 is 6.54. The molecule has 1 aliphatic heterocycles. The van der Waals surface area contributed by atoms with Crippen LogP contribution in [0.2, 0.25) is 0 Å². The fraction of sp³-hybridized carbons (Fsp3) is 0.556. The van der Waals surface area contributed by atoms with Crippen molar-refractivity contribution >= 4 is 5.97 Å². The van der Waals surface area contributed by atoms with Gasteiger partial charge in [0, 0.05) is 11.6 Å². The van der Waals surface area contributed by atoms with E-state index in [2.05, 4.69) is 5.10 Å². The zero-order valence-electron chi connectivity index (χ0n) is 8.90.